The maximum Gasteiger partial charge on any atom is 0.262 e. The lowest BCUT2D eigenvalue weighted by Gasteiger charge is -2.13. The van der Waals surface area contributed by atoms with Crippen molar-refractivity contribution in [2.24, 2.45) is 0 Å². The molecular weight excluding hydrogens is 309 g/mol. The van der Waals surface area contributed by atoms with Crippen LogP contribution in [0.25, 0.3) is 10.1 Å². The number of carbonyl (C=O) groups is 1. The van der Waals surface area contributed by atoms with Gasteiger partial charge in [0, 0.05) is 10.1 Å². The fourth-order valence-corrected chi connectivity index (χ4v) is 4.53. The van der Waals surface area contributed by atoms with Crippen molar-refractivity contribution in [2.75, 3.05) is 0 Å². The molecular formula is C19H16FNOS. The second-order valence-electron chi connectivity index (χ2n) is 5.93. The second kappa shape index (κ2) is 5.46. The van der Waals surface area contributed by atoms with Crippen molar-refractivity contribution in [1.29, 1.82) is 0 Å². The van der Waals surface area contributed by atoms with Crippen LogP contribution in [0.2, 0.25) is 0 Å². The van der Waals surface area contributed by atoms with Crippen molar-refractivity contribution in [3.05, 3.63) is 69.8 Å². The van der Waals surface area contributed by atoms with Gasteiger partial charge in [0.15, 0.2) is 0 Å². The van der Waals surface area contributed by atoms with Gasteiger partial charge < -0.3 is 5.32 Å². The first-order valence-electron chi connectivity index (χ1n) is 7.71. The number of nitrogens with one attached hydrogen (secondary N) is 1. The van der Waals surface area contributed by atoms with Crippen LogP contribution in [0.3, 0.4) is 0 Å². The van der Waals surface area contributed by atoms with E-state index in [1.54, 1.807) is 6.07 Å². The summed E-state index contributed by atoms with van der Waals surface area (Å²) in [4.78, 5) is 13.3. The summed E-state index contributed by atoms with van der Waals surface area (Å²) in [6, 6.07) is 13.3. The molecule has 3 aromatic rings. The van der Waals surface area contributed by atoms with E-state index in [-0.39, 0.29) is 17.8 Å². The van der Waals surface area contributed by atoms with E-state index < -0.39 is 0 Å². The molecule has 4 heteroatoms. The van der Waals surface area contributed by atoms with Crippen molar-refractivity contribution >= 4 is 27.3 Å². The van der Waals surface area contributed by atoms with Gasteiger partial charge in [0.2, 0.25) is 0 Å². The van der Waals surface area contributed by atoms with Crippen LogP contribution in [0.1, 0.15) is 38.8 Å². The van der Waals surface area contributed by atoms with Crippen LogP contribution in [0, 0.1) is 12.7 Å². The number of fused-ring (bicyclic) bond motifs is 2. The third kappa shape index (κ3) is 2.34. The summed E-state index contributed by atoms with van der Waals surface area (Å²) in [5, 5.41) is 3.69. The number of carbonyl (C=O) groups excluding carboxylic acids is 1. The standard InChI is InChI=1S/C19H16FNOS/c1-11-17-14(20)7-4-8-16(17)23-18(11)19(22)21-15-10-9-12-5-2-3-6-13(12)15/h2-8,15H,9-10H2,1H3,(H,21,22). The Bertz CT molecular complexity index is 915. The SMILES string of the molecule is Cc1c(C(=O)NC2CCc3ccccc32)sc2cccc(F)c12. The van der Waals surface area contributed by atoms with Gasteiger partial charge >= 0.3 is 0 Å². The summed E-state index contributed by atoms with van der Waals surface area (Å²) in [5.41, 5.74) is 3.23. The molecule has 1 aliphatic rings. The zero-order valence-electron chi connectivity index (χ0n) is 12.7. The predicted molar refractivity (Wildman–Crippen MR) is 91.5 cm³/mol. The molecule has 0 bridgehead atoms. The molecule has 2 nitrogen and oxygen atoms in total. The van der Waals surface area contributed by atoms with Gasteiger partial charge in [-0.3, -0.25) is 4.79 Å². The van der Waals surface area contributed by atoms with E-state index in [9.17, 15) is 9.18 Å². The Labute approximate surface area is 138 Å². The van der Waals surface area contributed by atoms with E-state index in [2.05, 4.69) is 17.4 Å². The average molecular weight is 325 g/mol. The largest absolute Gasteiger partial charge is 0.345 e. The fourth-order valence-electron chi connectivity index (χ4n) is 3.40. The summed E-state index contributed by atoms with van der Waals surface area (Å²) in [7, 11) is 0. The molecule has 1 amide bonds. The first-order valence-corrected chi connectivity index (χ1v) is 8.53. The number of hydrogen-bond acceptors (Lipinski definition) is 2. The molecule has 1 aromatic heterocycles. The van der Waals surface area contributed by atoms with Crippen LogP contribution in [-0.2, 0) is 6.42 Å². The third-order valence-electron chi connectivity index (χ3n) is 4.55. The Morgan fingerprint density at radius 2 is 2.04 bits per heavy atom. The fraction of sp³-hybridized carbons (Fsp3) is 0.211. The quantitative estimate of drug-likeness (QED) is 0.723. The molecule has 0 saturated carbocycles. The van der Waals surface area contributed by atoms with Crippen molar-refractivity contribution < 1.29 is 9.18 Å². The highest BCUT2D eigenvalue weighted by Crippen LogP contribution is 2.34. The van der Waals surface area contributed by atoms with Gasteiger partial charge in [-0.25, -0.2) is 4.39 Å². The zero-order chi connectivity index (χ0) is 16.0. The number of rotatable bonds is 2. The number of hydrogen-bond donors (Lipinski definition) is 1. The van der Waals surface area contributed by atoms with E-state index in [1.807, 2.05) is 25.1 Å². The molecule has 1 N–H and O–H groups in total. The summed E-state index contributed by atoms with van der Waals surface area (Å²) in [6.45, 7) is 1.82. The second-order valence-corrected chi connectivity index (χ2v) is 6.98. The minimum atomic E-state index is -0.262. The van der Waals surface area contributed by atoms with Crippen LogP contribution in [-0.4, -0.2) is 5.91 Å². The van der Waals surface area contributed by atoms with Crippen molar-refractivity contribution in [1.82, 2.24) is 5.32 Å². The molecule has 0 aliphatic heterocycles. The topological polar surface area (TPSA) is 29.1 Å². The van der Waals surface area contributed by atoms with Gasteiger partial charge in [0.25, 0.3) is 5.91 Å². The monoisotopic (exact) mass is 325 g/mol. The number of amides is 1. The molecule has 2 aromatic carbocycles. The third-order valence-corrected chi connectivity index (χ3v) is 5.80. The first kappa shape index (κ1) is 14.4. The Morgan fingerprint density at radius 3 is 2.87 bits per heavy atom. The molecule has 23 heavy (non-hydrogen) atoms. The molecule has 0 radical (unpaired) electrons. The minimum absolute atomic E-state index is 0.0492. The normalized spacial score (nSPS) is 16.5. The molecule has 116 valence electrons. The molecule has 1 heterocycles. The first-order chi connectivity index (χ1) is 11.1. The minimum Gasteiger partial charge on any atom is -0.345 e. The van der Waals surface area contributed by atoms with E-state index in [0.29, 0.717) is 10.3 Å². The number of thiophene rings is 1. The van der Waals surface area contributed by atoms with E-state index in [1.165, 1.54) is 28.5 Å². The lowest BCUT2D eigenvalue weighted by Crippen LogP contribution is -2.26. The van der Waals surface area contributed by atoms with Gasteiger partial charge in [-0.1, -0.05) is 30.3 Å². The number of aryl methyl sites for hydroxylation is 2. The van der Waals surface area contributed by atoms with Gasteiger partial charge in [-0.15, -0.1) is 11.3 Å². The maximum absolute atomic E-state index is 14.0. The number of halogens is 1. The molecule has 0 spiro atoms. The molecule has 4 rings (SSSR count). The highest BCUT2D eigenvalue weighted by Gasteiger charge is 2.25. The van der Waals surface area contributed by atoms with Crippen LogP contribution < -0.4 is 5.32 Å². The molecule has 1 unspecified atom stereocenters. The Balaban J connectivity index is 1.66. The van der Waals surface area contributed by atoms with Crippen molar-refractivity contribution in [3.63, 3.8) is 0 Å². The maximum atomic E-state index is 14.0. The predicted octanol–water partition coefficient (Wildman–Crippen LogP) is 4.77. The van der Waals surface area contributed by atoms with E-state index in [0.717, 1.165) is 23.1 Å². The van der Waals surface area contributed by atoms with E-state index in [4.69, 9.17) is 0 Å². The highest BCUT2D eigenvalue weighted by molar-refractivity contribution is 7.21. The lowest BCUT2D eigenvalue weighted by molar-refractivity contribution is 0.0940. The molecule has 0 saturated heterocycles. The van der Waals surface area contributed by atoms with Crippen LogP contribution in [0.5, 0.6) is 0 Å². The van der Waals surface area contributed by atoms with Gasteiger partial charge in [-0.2, -0.15) is 0 Å². The molecule has 0 fully saturated rings. The van der Waals surface area contributed by atoms with Crippen molar-refractivity contribution in [3.8, 4) is 0 Å². The summed E-state index contributed by atoms with van der Waals surface area (Å²) in [5.74, 6) is -0.369. The summed E-state index contributed by atoms with van der Waals surface area (Å²) >= 11 is 1.36. The Hall–Kier alpha value is -2.20. The zero-order valence-corrected chi connectivity index (χ0v) is 13.5. The van der Waals surface area contributed by atoms with Gasteiger partial charge in [-0.05, 0) is 48.6 Å². The van der Waals surface area contributed by atoms with Crippen LogP contribution in [0.15, 0.2) is 42.5 Å². The smallest absolute Gasteiger partial charge is 0.262 e. The lowest BCUT2D eigenvalue weighted by atomic mass is 10.1. The Kier molecular flexibility index (Phi) is 3.42. The van der Waals surface area contributed by atoms with Gasteiger partial charge in [0.05, 0.1) is 10.9 Å². The average Bonchev–Trinajstić information content (AvgIpc) is 3.10. The van der Waals surface area contributed by atoms with Crippen LogP contribution >= 0.6 is 11.3 Å². The van der Waals surface area contributed by atoms with E-state index >= 15 is 0 Å². The molecule has 1 aliphatic carbocycles. The summed E-state index contributed by atoms with van der Waals surface area (Å²) < 4.78 is 14.8. The Morgan fingerprint density at radius 1 is 1.22 bits per heavy atom. The van der Waals surface area contributed by atoms with Gasteiger partial charge in [0.1, 0.15) is 5.82 Å². The van der Waals surface area contributed by atoms with Crippen molar-refractivity contribution in [2.45, 2.75) is 25.8 Å². The summed E-state index contributed by atoms with van der Waals surface area (Å²) in [6.07, 6.45) is 1.91. The van der Waals surface area contributed by atoms with Crippen LogP contribution in [0.4, 0.5) is 4.39 Å². The molecule has 1 atom stereocenters. The number of benzene rings is 2. The highest BCUT2D eigenvalue weighted by atomic mass is 32.1.